The van der Waals surface area contributed by atoms with Gasteiger partial charge in [0.05, 0.1) is 0 Å². The lowest BCUT2D eigenvalue weighted by atomic mass is 9.89. The highest BCUT2D eigenvalue weighted by molar-refractivity contribution is 9.10. The SMILES string of the molecule is CC(Cc1cccc(Br)c1)NC(=O)CC1CC2CCC(C1)N2.Cl. The summed E-state index contributed by atoms with van der Waals surface area (Å²) in [4.78, 5) is 12.3. The summed E-state index contributed by atoms with van der Waals surface area (Å²) in [7, 11) is 0. The minimum atomic E-state index is 0. The Kier molecular flexibility index (Phi) is 6.93. The molecule has 0 aliphatic carbocycles. The fourth-order valence-corrected chi connectivity index (χ4v) is 4.45. The van der Waals surface area contributed by atoms with E-state index < -0.39 is 0 Å². The summed E-state index contributed by atoms with van der Waals surface area (Å²) in [5.41, 5.74) is 1.25. The van der Waals surface area contributed by atoms with Crippen LogP contribution in [-0.4, -0.2) is 24.0 Å². The van der Waals surface area contributed by atoms with Crippen LogP contribution in [0, 0.1) is 5.92 Å². The van der Waals surface area contributed by atoms with Crippen molar-refractivity contribution in [3.63, 3.8) is 0 Å². The van der Waals surface area contributed by atoms with Crippen LogP contribution in [0.5, 0.6) is 0 Å². The Bertz CT molecular complexity index is 528. The number of rotatable bonds is 5. The standard InChI is InChI=1S/C18H25BrN2O.ClH/c1-12(7-13-3-2-4-15(19)8-13)20-18(22)11-14-9-16-5-6-17(10-14)21-16;/h2-4,8,12,14,16-17,21H,5-7,9-11H2,1H3,(H,20,22);1H. The van der Waals surface area contributed by atoms with E-state index in [0.717, 1.165) is 10.9 Å². The van der Waals surface area contributed by atoms with Crippen LogP contribution in [0.1, 0.15) is 44.6 Å². The van der Waals surface area contributed by atoms with Crippen LogP contribution in [0.4, 0.5) is 0 Å². The molecule has 3 atom stereocenters. The minimum absolute atomic E-state index is 0. The monoisotopic (exact) mass is 400 g/mol. The summed E-state index contributed by atoms with van der Waals surface area (Å²) < 4.78 is 1.09. The second kappa shape index (κ2) is 8.50. The average molecular weight is 402 g/mol. The van der Waals surface area contributed by atoms with Crippen LogP contribution >= 0.6 is 28.3 Å². The lowest BCUT2D eigenvalue weighted by Crippen LogP contribution is -2.41. The molecule has 0 spiro atoms. The lowest BCUT2D eigenvalue weighted by Gasteiger charge is -2.29. The topological polar surface area (TPSA) is 41.1 Å². The summed E-state index contributed by atoms with van der Waals surface area (Å²) in [5, 5.41) is 6.81. The van der Waals surface area contributed by atoms with Crippen molar-refractivity contribution in [2.24, 2.45) is 5.92 Å². The zero-order chi connectivity index (χ0) is 15.5. The van der Waals surface area contributed by atoms with E-state index in [9.17, 15) is 4.79 Å². The number of carbonyl (C=O) groups excluding carboxylic acids is 1. The van der Waals surface area contributed by atoms with Gasteiger partial charge in [0, 0.05) is 29.0 Å². The smallest absolute Gasteiger partial charge is 0.220 e. The van der Waals surface area contributed by atoms with Gasteiger partial charge in [-0.15, -0.1) is 12.4 Å². The fraction of sp³-hybridized carbons (Fsp3) is 0.611. The molecule has 128 valence electrons. The van der Waals surface area contributed by atoms with Crippen LogP contribution in [0.25, 0.3) is 0 Å². The molecule has 2 saturated heterocycles. The Morgan fingerprint density at radius 1 is 1.35 bits per heavy atom. The second-order valence-corrected chi connectivity index (χ2v) is 7.90. The van der Waals surface area contributed by atoms with Crippen molar-refractivity contribution in [2.45, 2.75) is 63.6 Å². The van der Waals surface area contributed by atoms with Gasteiger partial charge in [-0.05, 0) is 62.6 Å². The van der Waals surface area contributed by atoms with E-state index in [0.29, 0.717) is 24.4 Å². The predicted molar refractivity (Wildman–Crippen MR) is 100.0 cm³/mol. The fourth-order valence-electron chi connectivity index (χ4n) is 4.01. The molecule has 3 unspecified atom stereocenters. The van der Waals surface area contributed by atoms with Crippen LogP contribution in [-0.2, 0) is 11.2 Å². The van der Waals surface area contributed by atoms with E-state index in [2.05, 4.69) is 45.6 Å². The molecule has 2 bridgehead atoms. The van der Waals surface area contributed by atoms with Gasteiger partial charge in [-0.3, -0.25) is 4.79 Å². The van der Waals surface area contributed by atoms with Gasteiger partial charge in [0.2, 0.25) is 5.91 Å². The third-order valence-corrected chi connectivity index (χ3v) is 5.38. The predicted octanol–water partition coefficient (Wildman–Crippen LogP) is 3.84. The zero-order valence-corrected chi connectivity index (χ0v) is 16.0. The second-order valence-electron chi connectivity index (χ2n) is 6.98. The molecule has 2 heterocycles. The normalized spacial score (nSPS) is 27.1. The summed E-state index contributed by atoms with van der Waals surface area (Å²) in [5.74, 6) is 0.783. The Hall–Kier alpha value is -0.580. The number of hydrogen-bond acceptors (Lipinski definition) is 2. The van der Waals surface area contributed by atoms with E-state index >= 15 is 0 Å². The average Bonchev–Trinajstić information content (AvgIpc) is 2.77. The van der Waals surface area contributed by atoms with Crippen molar-refractivity contribution in [3.05, 3.63) is 34.3 Å². The van der Waals surface area contributed by atoms with E-state index in [4.69, 9.17) is 0 Å². The Labute approximate surface area is 153 Å². The van der Waals surface area contributed by atoms with Crippen LogP contribution in [0.15, 0.2) is 28.7 Å². The molecule has 2 aliphatic rings. The van der Waals surface area contributed by atoms with E-state index in [1.54, 1.807) is 0 Å². The summed E-state index contributed by atoms with van der Waals surface area (Å²) in [6.45, 7) is 2.09. The van der Waals surface area contributed by atoms with Gasteiger partial charge in [-0.2, -0.15) is 0 Å². The third-order valence-electron chi connectivity index (χ3n) is 4.88. The largest absolute Gasteiger partial charge is 0.353 e. The molecule has 1 amide bonds. The minimum Gasteiger partial charge on any atom is -0.353 e. The number of halogens is 2. The Morgan fingerprint density at radius 2 is 2.04 bits per heavy atom. The van der Waals surface area contributed by atoms with Crippen LogP contribution in [0.3, 0.4) is 0 Å². The number of piperidine rings is 1. The van der Waals surface area contributed by atoms with Gasteiger partial charge in [0.15, 0.2) is 0 Å². The molecule has 2 N–H and O–H groups in total. The Morgan fingerprint density at radius 3 is 2.70 bits per heavy atom. The molecule has 1 aromatic carbocycles. The molecule has 3 rings (SSSR count). The first-order valence-corrected chi connectivity index (χ1v) is 9.17. The highest BCUT2D eigenvalue weighted by Gasteiger charge is 2.34. The number of hydrogen-bond donors (Lipinski definition) is 2. The summed E-state index contributed by atoms with van der Waals surface area (Å²) in [6.07, 6.45) is 6.50. The van der Waals surface area contributed by atoms with Crippen molar-refractivity contribution < 1.29 is 4.79 Å². The van der Waals surface area contributed by atoms with Crippen molar-refractivity contribution in [1.82, 2.24) is 10.6 Å². The number of nitrogens with one attached hydrogen (secondary N) is 2. The number of fused-ring (bicyclic) bond motifs is 2. The lowest BCUT2D eigenvalue weighted by molar-refractivity contribution is -0.122. The quantitative estimate of drug-likeness (QED) is 0.787. The first kappa shape index (κ1) is 18.8. The molecular formula is C18H26BrClN2O. The Balaban J connectivity index is 0.00000192. The molecule has 2 aliphatic heterocycles. The summed E-state index contributed by atoms with van der Waals surface area (Å²) in [6, 6.07) is 9.80. The van der Waals surface area contributed by atoms with Crippen LogP contribution in [0.2, 0.25) is 0 Å². The van der Waals surface area contributed by atoms with Gasteiger partial charge in [-0.25, -0.2) is 0 Å². The molecule has 5 heteroatoms. The molecule has 3 nitrogen and oxygen atoms in total. The maximum absolute atomic E-state index is 12.3. The number of benzene rings is 1. The number of amides is 1. The van der Waals surface area contributed by atoms with Gasteiger partial charge >= 0.3 is 0 Å². The van der Waals surface area contributed by atoms with E-state index in [1.807, 2.05) is 12.1 Å². The van der Waals surface area contributed by atoms with Crippen molar-refractivity contribution in [2.75, 3.05) is 0 Å². The highest BCUT2D eigenvalue weighted by Crippen LogP contribution is 2.32. The third kappa shape index (κ3) is 5.47. The van der Waals surface area contributed by atoms with E-state index in [-0.39, 0.29) is 24.4 Å². The molecule has 23 heavy (non-hydrogen) atoms. The molecule has 0 aromatic heterocycles. The first-order chi connectivity index (χ1) is 10.6. The van der Waals surface area contributed by atoms with Crippen molar-refractivity contribution in [3.8, 4) is 0 Å². The van der Waals surface area contributed by atoms with Gasteiger partial charge in [-0.1, -0.05) is 28.1 Å². The number of carbonyl (C=O) groups is 1. The van der Waals surface area contributed by atoms with E-state index in [1.165, 1.54) is 31.2 Å². The maximum atomic E-state index is 12.3. The maximum Gasteiger partial charge on any atom is 0.220 e. The van der Waals surface area contributed by atoms with Gasteiger partial charge in [0.25, 0.3) is 0 Å². The van der Waals surface area contributed by atoms with Gasteiger partial charge < -0.3 is 10.6 Å². The summed E-state index contributed by atoms with van der Waals surface area (Å²) >= 11 is 3.49. The molecular weight excluding hydrogens is 376 g/mol. The highest BCUT2D eigenvalue weighted by atomic mass is 79.9. The zero-order valence-electron chi connectivity index (χ0n) is 13.6. The van der Waals surface area contributed by atoms with Crippen molar-refractivity contribution >= 4 is 34.2 Å². The molecule has 1 aromatic rings. The molecule has 0 saturated carbocycles. The van der Waals surface area contributed by atoms with Crippen molar-refractivity contribution in [1.29, 1.82) is 0 Å². The molecule has 2 fully saturated rings. The first-order valence-electron chi connectivity index (χ1n) is 8.38. The van der Waals surface area contributed by atoms with Gasteiger partial charge in [0.1, 0.15) is 0 Å². The van der Waals surface area contributed by atoms with Crippen LogP contribution < -0.4 is 10.6 Å². The molecule has 0 radical (unpaired) electrons.